The summed E-state index contributed by atoms with van der Waals surface area (Å²) < 4.78 is 28.5. The fourth-order valence-electron chi connectivity index (χ4n) is 0.422. The van der Waals surface area contributed by atoms with E-state index in [0.29, 0.717) is 0 Å². The van der Waals surface area contributed by atoms with Gasteiger partial charge in [0.1, 0.15) is 0 Å². The molecule has 3 N–H and O–H groups in total. The van der Waals surface area contributed by atoms with Gasteiger partial charge in [0.2, 0.25) is 0 Å². The van der Waals surface area contributed by atoms with Crippen molar-refractivity contribution < 1.29 is 32.6 Å². The number of allylic oxidation sites excluding steroid dienone is 3. The van der Waals surface area contributed by atoms with Gasteiger partial charge < -0.3 is 14.3 Å². The Bertz CT molecular complexity index is 314. The van der Waals surface area contributed by atoms with E-state index in [4.69, 9.17) is 14.7 Å². The van der Waals surface area contributed by atoms with Crippen LogP contribution in [-0.4, -0.2) is 14.7 Å². The number of rotatable bonds is 5. The van der Waals surface area contributed by atoms with Crippen LogP contribution in [0.15, 0.2) is 24.5 Å². The Kier molecular flexibility index (Phi) is 5.29. The Hall–Kier alpha value is -0.420. The first-order chi connectivity index (χ1) is 6.27. The van der Waals surface area contributed by atoms with E-state index in [1.807, 2.05) is 0 Å². The Morgan fingerprint density at radius 1 is 1.14 bits per heavy atom. The summed E-state index contributed by atoms with van der Waals surface area (Å²) in [6.45, 7) is 1.70. The highest BCUT2D eigenvalue weighted by Gasteiger charge is 2.32. The summed E-state index contributed by atoms with van der Waals surface area (Å²) in [5.41, 5.74) is 0. The van der Waals surface area contributed by atoms with E-state index < -0.39 is 15.6 Å². The van der Waals surface area contributed by atoms with E-state index in [2.05, 4.69) is 8.83 Å². The summed E-state index contributed by atoms with van der Waals surface area (Å²) >= 11 is 0. The fourth-order valence-corrected chi connectivity index (χ4v) is 1.88. The highest BCUT2D eigenvalue weighted by atomic mass is 31.3. The van der Waals surface area contributed by atoms with Crippen molar-refractivity contribution in [2.75, 3.05) is 0 Å². The maximum absolute atomic E-state index is 10.7. The van der Waals surface area contributed by atoms with Crippen molar-refractivity contribution >= 4 is 15.6 Å². The molecule has 0 aromatic rings. The van der Waals surface area contributed by atoms with Crippen molar-refractivity contribution in [3.8, 4) is 0 Å². The van der Waals surface area contributed by atoms with Gasteiger partial charge in [-0.15, -0.1) is 0 Å². The quantitative estimate of drug-likeness (QED) is 0.379. The van der Waals surface area contributed by atoms with Crippen molar-refractivity contribution in [2.45, 2.75) is 6.92 Å². The van der Waals surface area contributed by atoms with Gasteiger partial charge in [-0.2, -0.15) is 4.31 Å². The molecule has 1 unspecified atom stereocenters. The van der Waals surface area contributed by atoms with Gasteiger partial charge in [-0.05, 0) is 13.0 Å². The molecule has 0 saturated carbocycles. The van der Waals surface area contributed by atoms with Crippen LogP contribution in [0, 0.1) is 0 Å². The van der Waals surface area contributed by atoms with Gasteiger partial charge >= 0.3 is 15.6 Å². The zero-order chi connectivity index (χ0) is 11.2. The van der Waals surface area contributed by atoms with Crippen LogP contribution < -0.4 is 0 Å². The first-order valence-electron chi connectivity index (χ1n) is 3.33. The van der Waals surface area contributed by atoms with Crippen LogP contribution in [0.2, 0.25) is 0 Å². The first-order valence-corrected chi connectivity index (χ1v) is 6.35. The Labute approximate surface area is 80.5 Å². The van der Waals surface area contributed by atoms with Crippen LogP contribution in [-0.2, 0) is 18.0 Å². The Morgan fingerprint density at radius 2 is 1.71 bits per heavy atom. The van der Waals surface area contributed by atoms with Gasteiger partial charge in [-0.1, -0.05) is 12.2 Å². The average molecular weight is 244 g/mol. The molecular formula is C5H10O7P2. The fraction of sp³-hybridized carbons (Fsp3) is 0.200. The van der Waals surface area contributed by atoms with E-state index in [9.17, 15) is 9.13 Å². The van der Waals surface area contributed by atoms with E-state index in [1.165, 1.54) is 12.2 Å². The van der Waals surface area contributed by atoms with Crippen LogP contribution in [0.25, 0.3) is 0 Å². The van der Waals surface area contributed by atoms with Gasteiger partial charge in [0, 0.05) is 0 Å². The second-order valence-electron chi connectivity index (χ2n) is 2.00. The monoisotopic (exact) mass is 244 g/mol. The third-order valence-corrected chi connectivity index (χ3v) is 2.85. The molecule has 0 aromatic heterocycles. The molecule has 0 aliphatic rings. The second kappa shape index (κ2) is 5.46. The molecule has 0 aliphatic heterocycles. The summed E-state index contributed by atoms with van der Waals surface area (Å²) in [4.78, 5) is 25.1. The van der Waals surface area contributed by atoms with Crippen LogP contribution in [0.4, 0.5) is 0 Å². The smallest absolute Gasteiger partial charge is 0.412 e. The normalized spacial score (nSPS) is 17.4. The van der Waals surface area contributed by atoms with Crippen molar-refractivity contribution in [3.05, 3.63) is 24.5 Å². The lowest BCUT2D eigenvalue weighted by Gasteiger charge is -2.09. The lowest BCUT2D eigenvalue weighted by Crippen LogP contribution is -1.88. The van der Waals surface area contributed by atoms with E-state index in [-0.39, 0.29) is 0 Å². The van der Waals surface area contributed by atoms with Crippen molar-refractivity contribution in [2.24, 2.45) is 0 Å². The summed E-state index contributed by atoms with van der Waals surface area (Å²) in [5.74, 6) is 0. The molecule has 0 rings (SSSR count). The minimum atomic E-state index is -5.03. The summed E-state index contributed by atoms with van der Waals surface area (Å²) in [6.07, 6.45) is 5.14. The third-order valence-electron chi connectivity index (χ3n) is 0.786. The molecule has 0 fully saturated rings. The molecule has 0 amide bonds. The van der Waals surface area contributed by atoms with E-state index >= 15 is 0 Å². The molecule has 9 heteroatoms. The molecule has 14 heavy (non-hydrogen) atoms. The number of hydrogen-bond donors (Lipinski definition) is 3. The number of phosphoric ester groups is 1. The number of hydrogen-bond acceptors (Lipinski definition) is 4. The van der Waals surface area contributed by atoms with Gasteiger partial charge in [0.15, 0.2) is 0 Å². The predicted octanol–water partition coefficient (Wildman–Crippen LogP) is 1.30. The average Bonchev–Trinajstić information content (AvgIpc) is 1.93. The van der Waals surface area contributed by atoms with Gasteiger partial charge in [0.25, 0.3) is 0 Å². The predicted molar refractivity (Wildman–Crippen MR) is 48.0 cm³/mol. The molecule has 1 atom stereocenters. The SMILES string of the molecule is CC=CC=COP(=O)(O)OP(=O)(O)O. The van der Waals surface area contributed by atoms with E-state index in [0.717, 1.165) is 6.26 Å². The largest absolute Gasteiger partial charge is 0.535 e. The first kappa shape index (κ1) is 13.6. The molecule has 0 bridgehead atoms. The highest BCUT2D eigenvalue weighted by molar-refractivity contribution is 7.60. The number of phosphoric acid groups is 2. The molecule has 0 spiro atoms. The lowest BCUT2D eigenvalue weighted by atomic mass is 10.5. The van der Waals surface area contributed by atoms with Crippen molar-refractivity contribution in [3.63, 3.8) is 0 Å². The summed E-state index contributed by atoms with van der Waals surface area (Å²) in [5, 5.41) is 0. The highest BCUT2D eigenvalue weighted by Crippen LogP contribution is 2.57. The van der Waals surface area contributed by atoms with Gasteiger partial charge in [0.05, 0.1) is 6.26 Å². The summed E-state index contributed by atoms with van der Waals surface area (Å²) in [6, 6.07) is 0. The van der Waals surface area contributed by atoms with Crippen LogP contribution in [0.5, 0.6) is 0 Å². The van der Waals surface area contributed by atoms with Crippen LogP contribution in [0.3, 0.4) is 0 Å². The van der Waals surface area contributed by atoms with Crippen LogP contribution >= 0.6 is 15.6 Å². The van der Waals surface area contributed by atoms with Gasteiger partial charge in [-0.3, -0.25) is 4.89 Å². The van der Waals surface area contributed by atoms with E-state index in [1.54, 1.807) is 13.0 Å². The molecular weight excluding hydrogens is 234 g/mol. The molecule has 82 valence electrons. The molecule has 0 radical (unpaired) electrons. The molecule has 7 nitrogen and oxygen atoms in total. The maximum Gasteiger partial charge on any atom is 0.535 e. The molecule has 0 aliphatic carbocycles. The topological polar surface area (TPSA) is 113 Å². The zero-order valence-electron chi connectivity index (χ0n) is 7.18. The Balaban J connectivity index is 4.22. The van der Waals surface area contributed by atoms with Crippen LogP contribution in [0.1, 0.15) is 6.92 Å². The zero-order valence-corrected chi connectivity index (χ0v) is 8.97. The summed E-state index contributed by atoms with van der Waals surface area (Å²) in [7, 11) is -9.77. The molecule has 0 aromatic carbocycles. The van der Waals surface area contributed by atoms with Gasteiger partial charge in [-0.25, -0.2) is 9.13 Å². The molecule has 0 heterocycles. The third kappa shape index (κ3) is 8.19. The minimum absolute atomic E-state index is 0.788. The maximum atomic E-state index is 10.7. The second-order valence-corrected chi connectivity index (χ2v) is 4.78. The standard InChI is InChI=1S/C5H10O7P2/c1-2-3-4-5-11-14(9,10)12-13(6,7)8/h2-5H,1H3,(H,9,10)(H2,6,7,8). The van der Waals surface area contributed by atoms with Crippen molar-refractivity contribution in [1.29, 1.82) is 0 Å². The minimum Gasteiger partial charge on any atom is -0.412 e. The molecule has 0 saturated heterocycles. The Morgan fingerprint density at radius 3 is 2.14 bits per heavy atom. The lowest BCUT2D eigenvalue weighted by molar-refractivity contribution is 0.217. The van der Waals surface area contributed by atoms with Crippen molar-refractivity contribution in [1.82, 2.24) is 0 Å².